The summed E-state index contributed by atoms with van der Waals surface area (Å²) >= 11 is 0. The van der Waals surface area contributed by atoms with Crippen LogP contribution in [0.4, 0.5) is 11.4 Å². The van der Waals surface area contributed by atoms with E-state index in [1.54, 1.807) is 35.5 Å². The smallest absolute Gasteiger partial charge is 0.205 e. The highest BCUT2D eigenvalue weighted by molar-refractivity contribution is 5.87. The van der Waals surface area contributed by atoms with Crippen LogP contribution in [-0.4, -0.2) is 70.1 Å². The number of methoxy groups -OCH3 is 5. The Kier molecular flexibility index (Phi) is 14.9. The summed E-state index contributed by atoms with van der Waals surface area (Å²) in [4.78, 5) is 10.6. The minimum absolute atomic E-state index is 0.569. The maximum absolute atomic E-state index is 6.28. The minimum atomic E-state index is 0.569. The summed E-state index contributed by atoms with van der Waals surface area (Å²) in [5, 5.41) is 3.49. The van der Waals surface area contributed by atoms with Crippen LogP contribution in [0.5, 0.6) is 28.7 Å². The number of fused-ring (bicyclic) bond motifs is 1. The molecule has 0 bridgehead atoms. The molecule has 1 fully saturated rings. The van der Waals surface area contributed by atoms with Gasteiger partial charge in [0.05, 0.1) is 53.3 Å². The predicted octanol–water partition coefficient (Wildman–Crippen LogP) is 8.00. The highest BCUT2D eigenvalue weighted by atomic mass is 16.5. The molecular weight excluding hydrogens is 582 g/mol. The third-order valence-corrected chi connectivity index (χ3v) is 8.98. The average molecular weight is 642 g/mol. The molecule has 2 aromatic carbocycles. The largest absolute Gasteiger partial charge is 0.493 e. The Hall–Kier alpha value is -3.53. The van der Waals surface area contributed by atoms with Gasteiger partial charge in [-0.2, -0.15) is 0 Å². The number of ether oxygens (including phenoxy) is 5. The van der Waals surface area contributed by atoms with Crippen molar-refractivity contribution in [2.45, 2.75) is 91.5 Å². The number of hydrogen-bond acceptors (Lipinski definition) is 9. The highest BCUT2D eigenvalue weighted by Gasteiger charge is 2.27. The summed E-state index contributed by atoms with van der Waals surface area (Å²) in [6.07, 6.45) is 9.60. The van der Waals surface area contributed by atoms with Crippen LogP contribution in [0.1, 0.15) is 96.4 Å². The molecule has 1 atom stereocenters. The van der Waals surface area contributed by atoms with E-state index in [4.69, 9.17) is 34.4 Å². The standard InChI is InChI=1S/C18H29N3O3.C18H30N2O2/c1-6-8-10-21(9-7-2)12-15-19-13-11-14(22-3)17(23-4)18(24-5)16(13)20-15;1-5-12(2)9-10-20-15-11-14(13-7-6-8-13)17(21-3)18(22-4)16(15)19/h11H,6-10,12H2,1-5H3,(H,19,20);11-13,20H,5-10,19H2,1-4H3. The fourth-order valence-electron chi connectivity index (χ4n) is 5.83. The van der Waals surface area contributed by atoms with Gasteiger partial charge in [0.1, 0.15) is 17.0 Å². The topological polar surface area (TPSA) is 116 Å². The molecule has 1 aromatic heterocycles. The Labute approximate surface area is 276 Å². The van der Waals surface area contributed by atoms with Crippen LogP contribution in [0.2, 0.25) is 0 Å². The Morgan fingerprint density at radius 1 is 0.913 bits per heavy atom. The SMILES string of the molecule is CCC(C)CCNc1cc(C2CCC2)c(OC)c(OC)c1N.CCCCN(CCC)Cc1nc2c(OC)c(OC)c(OC)cc2[nH]1. The van der Waals surface area contributed by atoms with E-state index in [2.05, 4.69) is 49.0 Å². The van der Waals surface area contributed by atoms with E-state index in [1.165, 1.54) is 44.1 Å². The predicted molar refractivity (Wildman–Crippen MR) is 189 cm³/mol. The molecule has 3 aromatic rings. The first-order chi connectivity index (χ1) is 22.3. The summed E-state index contributed by atoms with van der Waals surface area (Å²) < 4.78 is 27.5. The van der Waals surface area contributed by atoms with Gasteiger partial charge in [0.15, 0.2) is 23.0 Å². The molecule has 1 aliphatic rings. The number of aromatic amines is 1. The second-order valence-electron chi connectivity index (χ2n) is 12.2. The molecule has 10 heteroatoms. The zero-order valence-electron chi connectivity index (χ0n) is 29.8. The van der Waals surface area contributed by atoms with Gasteiger partial charge in [-0.25, -0.2) is 4.98 Å². The first kappa shape index (κ1) is 36.9. The lowest BCUT2D eigenvalue weighted by atomic mass is 9.79. The summed E-state index contributed by atoms with van der Waals surface area (Å²) in [6, 6.07) is 4.07. The van der Waals surface area contributed by atoms with Gasteiger partial charge in [-0.15, -0.1) is 0 Å². The lowest BCUT2D eigenvalue weighted by Crippen LogP contribution is -2.25. The number of nitrogens with one attached hydrogen (secondary N) is 2. The Morgan fingerprint density at radius 3 is 2.15 bits per heavy atom. The van der Waals surface area contributed by atoms with Crippen LogP contribution in [0.15, 0.2) is 12.1 Å². The monoisotopic (exact) mass is 641 g/mol. The van der Waals surface area contributed by atoms with Crippen molar-refractivity contribution >= 4 is 22.4 Å². The molecule has 0 aliphatic heterocycles. The van der Waals surface area contributed by atoms with Crippen molar-refractivity contribution in [1.29, 1.82) is 0 Å². The number of H-pyrrole nitrogens is 1. The average Bonchev–Trinajstić information content (AvgIpc) is 3.44. The van der Waals surface area contributed by atoms with Crippen LogP contribution in [0.3, 0.4) is 0 Å². The zero-order chi connectivity index (χ0) is 33.6. The van der Waals surface area contributed by atoms with E-state index in [9.17, 15) is 0 Å². The van der Waals surface area contributed by atoms with Crippen LogP contribution in [-0.2, 0) is 6.54 Å². The van der Waals surface area contributed by atoms with Crippen molar-refractivity contribution in [2.75, 3.05) is 66.2 Å². The first-order valence-corrected chi connectivity index (χ1v) is 17.0. The minimum Gasteiger partial charge on any atom is -0.493 e. The second-order valence-corrected chi connectivity index (χ2v) is 12.2. The first-order valence-electron chi connectivity index (χ1n) is 17.0. The van der Waals surface area contributed by atoms with E-state index in [0.29, 0.717) is 34.6 Å². The van der Waals surface area contributed by atoms with Crippen molar-refractivity contribution in [3.05, 3.63) is 23.5 Å². The van der Waals surface area contributed by atoms with Crippen molar-refractivity contribution in [3.8, 4) is 28.7 Å². The van der Waals surface area contributed by atoms with Gasteiger partial charge in [-0.05, 0) is 63.1 Å². The van der Waals surface area contributed by atoms with Crippen LogP contribution < -0.4 is 34.7 Å². The molecule has 1 saturated carbocycles. The summed E-state index contributed by atoms with van der Waals surface area (Å²) in [6.45, 7) is 12.8. The number of nitrogens with zero attached hydrogens (tertiary/aromatic N) is 2. The van der Waals surface area contributed by atoms with Crippen molar-refractivity contribution in [1.82, 2.24) is 14.9 Å². The van der Waals surface area contributed by atoms with Gasteiger partial charge in [0.25, 0.3) is 0 Å². The van der Waals surface area contributed by atoms with E-state index in [0.717, 1.165) is 73.2 Å². The van der Waals surface area contributed by atoms with Crippen LogP contribution in [0, 0.1) is 5.92 Å². The highest BCUT2D eigenvalue weighted by Crippen LogP contribution is 2.49. The number of nitrogen functional groups attached to an aromatic ring is 1. The summed E-state index contributed by atoms with van der Waals surface area (Å²) in [7, 11) is 8.19. The molecule has 0 amide bonds. The molecule has 1 unspecified atom stereocenters. The molecule has 46 heavy (non-hydrogen) atoms. The van der Waals surface area contributed by atoms with E-state index >= 15 is 0 Å². The molecule has 1 heterocycles. The number of hydrogen-bond donors (Lipinski definition) is 3. The van der Waals surface area contributed by atoms with Gasteiger partial charge in [-0.3, -0.25) is 4.90 Å². The molecule has 0 saturated heterocycles. The lowest BCUT2D eigenvalue weighted by molar-refractivity contribution is 0.256. The Morgan fingerprint density at radius 2 is 1.61 bits per heavy atom. The number of aromatic nitrogens is 2. The third kappa shape index (κ3) is 9.05. The quantitative estimate of drug-likeness (QED) is 0.119. The normalized spacial score (nSPS) is 13.5. The Bertz CT molecular complexity index is 1360. The number of nitrogens with two attached hydrogens (primary N) is 1. The fraction of sp³-hybridized carbons (Fsp3) is 0.639. The van der Waals surface area contributed by atoms with Crippen molar-refractivity contribution in [2.24, 2.45) is 5.92 Å². The number of imidazole rings is 1. The molecule has 10 nitrogen and oxygen atoms in total. The molecule has 258 valence electrons. The fourth-order valence-corrected chi connectivity index (χ4v) is 5.83. The van der Waals surface area contributed by atoms with Crippen molar-refractivity contribution < 1.29 is 23.7 Å². The molecule has 0 spiro atoms. The van der Waals surface area contributed by atoms with Crippen LogP contribution in [0.25, 0.3) is 11.0 Å². The lowest BCUT2D eigenvalue weighted by Gasteiger charge is -2.29. The number of benzene rings is 2. The summed E-state index contributed by atoms with van der Waals surface area (Å²) in [5.74, 6) is 5.50. The Balaban J connectivity index is 0.000000251. The maximum atomic E-state index is 6.28. The second kappa shape index (κ2) is 18.6. The molecular formula is C36H59N5O5. The maximum Gasteiger partial charge on any atom is 0.205 e. The summed E-state index contributed by atoms with van der Waals surface area (Å²) in [5.41, 5.74) is 10.8. The zero-order valence-corrected chi connectivity index (χ0v) is 29.8. The van der Waals surface area contributed by atoms with Gasteiger partial charge in [0, 0.05) is 18.2 Å². The molecule has 4 N–H and O–H groups in total. The molecule has 1 aliphatic carbocycles. The molecule has 4 rings (SSSR count). The van der Waals surface area contributed by atoms with E-state index in [-0.39, 0.29) is 0 Å². The van der Waals surface area contributed by atoms with E-state index in [1.807, 2.05) is 6.07 Å². The van der Waals surface area contributed by atoms with Gasteiger partial charge in [0.2, 0.25) is 5.75 Å². The van der Waals surface area contributed by atoms with Gasteiger partial charge >= 0.3 is 0 Å². The molecule has 0 radical (unpaired) electrons. The third-order valence-electron chi connectivity index (χ3n) is 8.98. The van der Waals surface area contributed by atoms with Gasteiger partial charge in [-0.1, -0.05) is 47.0 Å². The van der Waals surface area contributed by atoms with Crippen LogP contribution >= 0.6 is 0 Å². The van der Waals surface area contributed by atoms with Gasteiger partial charge < -0.3 is 39.7 Å². The number of rotatable bonds is 18. The van der Waals surface area contributed by atoms with Crippen molar-refractivity contribution in [3.63, 3.8) is 0 Å². The number of anilines is 2. The van der Waals surface area contributed by atoms with E-state index < -0.39 is 0 Å². The number of unbranched alkanes of at least 4 members (excludes halogenated alkanes) is 1.